The summed E-state index contributed by atoms with van der Waals surface area (Å²) in [4.78, 5) is 23.0. The SMILES string of the molecule is CC(C(=O)NC1CCN(c2ccc(C(F)(F)F)cn2)CC1)n1cnc2ccccc21. The van der Waals surface area contributed by atoms with Crippen LogP contribution in [0.25, 0.3) is 11.0 Å². The first-order valence-corrected chi connectivity index (χ1v) is 9.83. The number of carbonyl (C=O) groups is 1. The van der Waals surface area contributed by atoms with E-state index in [2.05, 4.69) is 15.3 Å². The summed E-state index contributed by atoms with van der Waals surface area (Å²) in [5, 5.41) is 3.09. The molecule has 0 saturated carbocycles. The van der Waals surface area contributed by atoms with Gasteiger partial charge in [-0.25, -0.2) is 9.97 Å². The Balaban J connectivity index is 1.34. The van der Waals surface area contributed by atoms with Crippen LogP contribution in [-0.2, 0) is 11.0 Å². The van der Waals surface area contributed by atoms with Crippen molar-refractivity contribution < 1.29 is 18.0 Å². The van der Waals surface area contributed by atoms with Crippen molar-refractivity contribution in [3.05, 3.63) is 54.5 Å². The number of aromatic nitrogens is 3. The minimum Gasteiger partial charge on any atom is -0.356 e. The zero-order valence-corrected chi connectivity index (χ0v) is 16.4. The Kier molecular flexibility index (Phi) is 5.36. The average Bonchev–Trinajstić information content (AvgIpc) is 3.17. The van der Waals surface area contributed by atoms with E-state index in [0.29, 0.717) is 31.7 Å². The maximum absolute atomic E-state index is 12.7. The van der Waals surface area contributed by atoms with Crippen LogP contribution >= 0.6 is 0 Å². The number of alkyl halides is 3. The summed E-state index contributed by atoms with van der Waals surface area (Å²) in [6.45, 7) is 3.07. The number of amides is 1. The number of halogens is 3. The van der Waals surface area contributed by atoms with Gasteiger partial charge in [0.2, 0.25) is 5.91 Å². The minimum atomic E-state index is -4.39. The van der Waals surface area contributed by atoms with Crippen LogP contribution in [0.1, 0.15) is 31.4 Å². The summed E-state index contributed by atoms with van der Waals surface area (Å²) in [7, 11) is 0. The molecule has 9 heteroatoms. The number of anilines is 1. The predicted octanol–water partition coefficient (Wildman–Crippen LogP) is 3.80. The number of carbonyl (C=O) groups excluding carboxylic acids is 1. The van der Waals surface area contributed by atoms with Gasteiger partial charge in [-0.15, -0.1) is 0 Å². The number of imidazole rings is 1. The normalized spacial score (nSPS) is 16.6. The van der Waals surface area contributed by atoms with E-state index in [0.717, 1.165) is 23.3 Å². The molecule has 1 aromatic carbocycles. The second-order valence-electron chi connectivity index (χ2n) is 7.49. The third-order valence-electron chi connectivity index (χ3n) is 5.52. The quantitative estimate of drug-likeness (QED) is 0.702. The summed E-state index contributed by atoms with van der Waals surface area (Å²) < 4.78 is 39.9. The number of benzene rings is 1. The van der Waals surface area contributed by atoms with E-state index in [-0.39, 0.29) is 11.9 Å². The number of hydrogen-bond acceptors (Lipinski definition) is 4. The maximum atomic E-state index is 12.7. The molecule has 1 unspecified atom stereocenters. The van der Waals surface area contributed by atoms with Crippen molar-refractivity contribution in [3.63, 3.8) is 0 Å². The van der Waals surface area contributed by atoms with Crippen molar-refractivity contribution in [2.45, 2.75) is 38.0 Å². The Labute approximate surface area is 171 Å². The Morgan fingerprint density at radius 2 is 1.87 bits per heavy atom. The van der Waals surface area contributed by atoms with Crippen LogP contribution in [0, 0.1) is 0 Å². The summed E-state index contributed by atoms with van der Waals surface area (Å²) in [5.74, 6) is 0.440. The summed E-state index contributed by atoms with van der Waals surface area (Å²) >= 11 is 0. The van der Waals surface area contributed by atoms with E-state index in [9.17, 15) is 18.0 Å². The molecule has 3 heterocycles. The predicted molar refractivity (Wildman–Crippen MR) is 107 cm³/mol. The molecular formula is C21H22F3N5O. The number of nitrogens with zero attached hydrogens (tertiary/aromatic N) is 4. The van der Waals surface area contributed by atoms with Gasteiger partial charge in [-0.1, -0.05) is 12.1 Å². The monoisotopic (exact) mass is 417 g/mol. The molecule has 3 aromatic rings. The highest BCUT2D eigenvalue weighted by Gasteiger charge is 2.31. The van der Waals surface area contributed by atoms with Crippen molar-refractivity contribution in [2.75, 3.05) is 18.0 Å². The van der Waals surface area contributed by atoms with Crippen molar-refractivity contribution >= 4 is 22.8 Å². The van der Waals surface area contributed by atoms with Crippen LogP contribution in [-0.4, -0.2) is 39.6 Å². The minimum absolute atomic E-state index is 0.0143. The molecule has 1 aliphatic heterocycles. The molecule has 30 heavy (non-hydrogen) atoms. The zero-order valence-electron chi connectivity index (χ0n) is 16.4. The number of hydrogen-bond donors (Lipinski definition) is 1. The third-order valence-corrected chi connectivity index (χ3v) is 5.52. The van der Waals surface area contributed by atoms with Gasteiger partial charge in [-0.2, -0.15) is 13.2 Å². The number of pyridine rings is 1. The van der Waals surface area contributed by atoms with Gasteiger partial charge in [0.15, 0.2) is 0 Å². The molecule has 0 radical (unpaired) electrons. The van der Waals surface area contributed by atoms with Crippen molar-refractivity contribution in [2.24, 2.45) is 0 Å². The van der Waals surface area contributed by atoms with E-state index >= 15 is 0 Å². The lowest BCUT2D eigenvalue weighted by Crippen LogP contribution is -2.46. The Hall–Kier alpha value is -3.10. The molecule has 4 rings (SSSR count). The molecule has 2 aromatic heterocycles. The highest BCUT2D eigenvalue weighted by atomic mass is 19.4. The molecule has 1 amide bonds. The summed E-state index contributed by atoms with van der Waals surface area (Å²) in [5.41, 5.74) is 0.993. The molecule has 1 aliphatic rings. The van der Waals surface area contributed by atoms with E-state index in [4.69, 9.17) is 0 Å². The van der Waals surface area contributed by atoms with Gasteiger partial charge in [0, 0.05) is 25.3 Å². The van der Waals surface area contributed by atoms with Crippen LogP contribution in [0.5, 0.6) is 0 Å². The molecule has 1 saturated heterocycles. The fourth-order valence-corrected chi connectivity index (χ4v) is 3.73. The van der Waals surface area contributed by atoms with Gasteiger partial charge in [0.1, 0.15) is 11.9 Å². The van der Waals surface area contributed by atoms with Crippen molar-refractivity contribution in [1.29, 1.82) is 0 Å². The smallest absolute Gasteiger partial charge is 0.356 e. The van der Waals surface area contributed by atoms with Crippen LogP contribution < -0.4 is 10.2 Å². The molecule has 6 nitrogen and oxygen atoms in total. The van der Waals surface area contributed by atoms with Gasteiger partial charge >= 0.3 is 6.18 Å². The van der Waals surface area contributed by atoms with Crippen molar-refractivity contribution in [3.8, 4) is 0 Å². The standard InChI is InChI=1S/C21H22F3N5O/c1-14(29-13-26-17-4-2-3-5-18(17)29)20(30)27-16-8-10-28(11-9-16)19-7-6-15(12-25-19)21(22,23)24/h2-7,12-14,16H,8-11H2,1H3,(H,27,30). The Morgan fingerprint density at radius 3 is 2.53 bits per heavy atom. The van der Waals surface area contributed by atoms with Gasteiger partial charge in [-0.05, 0) is 44.0 Å². The first-order valence-electron chi connectivity index (χ1n) is 9.83. The van der Waals surface area contributed by atoms with Gasteiger partial charge in [0.05, 0.1) is 22.9 Å². The van der Waals surface area contributed by atoms with Gasteiger partial charge in [-0.3, -0.25) is 4.79 Å². The third kappa shape index (κ3) is 4.10. The van der Waals surface area contributed by atoms with E-state index in [1.165, 1.54) is 6.07 Å². The largest absolute Gasteiger partial charge is 0.417 e. The van der Waals surface area contributed by atoms with Gasteiger partial charge in [0.25, 0.3) is 0 Å². The second-order valence-corrected chi connectivity index (χ2v) is 7.49. The Morgan fingerprint density at radius 1 is 1.13 bits per heavy atom. The zero-order chi connectivity index (χ0) is 21.3. The fraction of sp³-hybridized carbons (Fsp3) is 0.381. The fourth-order valence-electron chi connectivity index (χ4n) is 3.73. The highest BCUT2D eigenvalue weighted by Crippen LogP contribution is 2.30. The molecule has 1 fully saturated rings. The van der Waals surface area contributed by atoms with E-state index < -0.39 is 17.8 Å². The lowest BCUT2D eigenvalue weighted by atomic mass is 10.0. The second kappa shape index (κ2) is 7.97. The van der Waals surface area contributed by atoms with Crippen LogP contribution in [0.15, 0.2) is 48.9 Å². The number of para-hydroxylation sites is 2. The number of piperidine rings is 1. The first kappa shape index (κ1) is 20.2. The molecule has 0 aliphatic carbocycles. The van der Waals surface area contributed by atoms with Crippen LogP contribution in [0.2, 0.25) is 0 Å². The molecule has 158 valence electrons. The van der Waals surface area contributed by atoms with Crippen LogP contribution in [0.3, 0.4) is 0 Å². The first-order chi connectivity index (χ1) is 14.3. The Bertz CT molecular complexity index is 1020. The summed E-state index contributed by atoms with van der Waals surface area (Å²) in [6, 6.07) is 9.72. The molecule has 1 N–H and O–H groups in total. The molecule has 1 atom stereocenters. The van der Waals surface area contributed by atoms with E-state index in [1.54, 1.807) is 6.33 Å². The van der Waals surface area contributed by atoms with Gasteiger partial charge < -0.3 is 14.8 Å². The molecular weight excluding hydrogens is 395 g/mol. The number of fused-ring (bicyclic) bond motifs is 1. The van der Waals surface area contributed by atoms with E-state index in [1.807, 2.05) is 40.7 Å². The topological polar surface area (TPSA) is 63.1 Å². The van der Waals surface area contributed by atoms with Crippen molar-refractivity contribution in [1.82, 2.24) is 19.9 Å². The number of rotatable bonds is 4. The molecule has 0 bridgehead atoms. The average molecular weight is 417 g/mol. The summed E-state index contributed by atoms with van der Waals surface area (Å²) in [6.07, 6.45) is -0.453. The van der Waals surface area contributed by atoms with Crippen LogP contribution in [0.4, 0.5) is 19.0 Å². The highest BCUT2D eigenvalue weighted by molar-refractivity contribution is 5.83. The molecule has 0 spiro atoms. The lowest BCUT2D eigenvalue weighted by Gasteiger charge is -2.33. The lowest BCUT2D eigenvalue weighted by molar-refractivity contribution is -0.137. The number of nitrogens with one attached hydrogen (secondary N) is 1. The maximum Gasteiger partial charge on any atom is 0.417 e.